The molecule has 0 aliphatic heterocycles. The van der Waals surface area contributed by atoms with Crippen LogP contribution in [0.4, 0.5) is 23.4 Å². The molecular weight excluding hydrogens is 278 g/mol. The maximum Gasteiger partial charge on any atom is 0.451 e. The van der Waals surface area contributed by atoms with Gasteiger partial charge in [-0.05, 0) is 12.1 Å². The second kappa shape index (κ2) is 5.20. The Hall–Kier alpha value is -1.96. The molecule has 1 N–H and O–H groups in total. The summed E-state index contributed by atoms with van der Waals surface area (Å²) in [5.74, 6) is -2.33. The minimum atomic E-state index is -4.77. The number of halogens is 4. The number of likely N-dealkylation sites (N-methyl/N-ethyl adjacent to an activating group) is 1. The van der Waals surface area contributed by atoms with Crippen molar-refractivity contribution in [3.63, 3.8) is 0 Å². The Morgan fingerprint density at radius 3 is 2.55 bits per heavy atom. The van der Waals surface area contributed by atoms with Crippen LogP contribution in [-0.4, -0.2) is 35.3 Å². The number of hydrogen-bond donors (Lipinski definition) is 1. The SMILES string of the molecule is CN(CCO)c1nc(C(F)(F)F)nc2c(F)cccc12. The highest BCUT2D eigenvalue weighted by Crippen LogP contribution is 2.32. The molecule has 1 aromatic carbocycles. The van der Waals surface area contributed by atoms with E-state index in [4.69, 9.17) is 5.11 Å². The molecular formula is C12H11F4N3O. The van der Waals surface area contributed by atoms with Gasteiger partial charge in [-0.25, -0.2) is 14.4 Å². The highest BCUT2D eigenvalue weighted by Gasteiger charge is 2.36. The predicted molar refractivity (Wildman–Crippen MR) is 64.9 cm³/mol. The Balaban J connectivity index is 2.73. The van der Waals surface area contributed by atoms with E-state index >= 15 is 0 Å². The maximum atomic E-state index is 13.7. The first-order valence-corrected chi connectivity index (χ1v) is 5.70. The third-order valence-electron chi connectivity index (χ3n) is 2.71. The van der Waals surface area contributed by atoms with Crippen molar-refractivity contribution >= 4 is 16.7 Å². The van der Waals surface area contributed by atoms with Gasteiger partial charge in [0.15, 0.2) is 0 Å². The lowest BCUT2D eigenvalue weighted by atomic mass is 10.2. The molecule has 108 valence electrons. The quantitative estimate of drug-likeness (QED) is 0.880. The van der Waals surface area contributed by atoms with Crippen LogP contribution in [0.25, 0.3) is 10.9 Å². The number of hydrogen-bond acceptors (Lipinski definition) is 4. The highest BCUT2D eigenvalue weighted by molar-refractivity contribution is 5.89. The zero-order chi connectivity index (χ0) is 14.9. The van der Waals surface area contributed by atoms with Gasteiger partial charge in [0.1, 0.15) is 17.2 Å². The number of rotatable bonds is 3. The van der Waals surface area contributed by atoms with Crippen molar-refractivity contribution < 1.29 is 22.7 Å². The summed E-state index contributed by atoms with van der Waals surface area (Å²) in [4.78, 5) is 8.01. The third kappa shape index (κ3) is 2.64. The number of aromatic nitrogens is 2. The van der Waals surface area contributed by atoms with E-state index in [9.17, 15) is 17.6 Å². The van der Waals surface area contributed by atoms with Crippen LogP contribution in [0.5, 0.6) is 0 Å². The number of para-hydroxylation sites is 1. The molecule has 0 aliphatic rings. The summed E-state index contributed by atoms with van der Waals surface area (Å²) in [6.45, 7) is -0.196. The molecule has 0 unspecified atom stereocenters. The standard InChI is InChI=1S/C12H11F4N3O/c1-19(5-6-20)10-7-3-2-4-8(13)9(7)17-11(18-10)12(14,15)16/h2-4,20H,5-6H2,1H3. The lowest BCUT2D eigenvalue weighted by Crippen LogP contribution is -2.24. The van der Waals surface area contributed by atoms with Crippen molar-refractivity contribution in [3.05, 3.63) is 29.8 Å². The first-order chi connectivity index (χ1) is 9.34. The minimum absolute atomic E-state index is 0.0694. The van der Waals surface area contributed by atoms with E-state index < -0.39 is 23.3 Å². The molecule has 0 atom stereocenters. The van der Waals surface area contributed by atoms with Crippen molar-refractivity contribution in [3.8, 4) is 0 Å². The first-order valence-electron chi connectivity index (χ1n) is 5.70. The van der Waals surface area contributed by atoms with E-state index in [0.717, 1.165) is 6.07 Å². The van der Waals surface area contributed by atoms with Crippen LogP contribution in [0, 0.1) is 5.82 Å². The zero-order valence-electron chi connectivity index (χ0n) is 10.4. The molecule has 1 heterocycles. The van der Waals surface area contributed by atoms with E-state index in [-0.39, 0.29) is 24.4 Å². The summed E-state index contributed by atoms with van der Waals surface area (Å²) in [5, 5.41) is 9.03. The van der Waals surface area contributed by atoms with Crippen LogP contribution in [0.2, 0.25) is 0 Å². The molecule has 0 aliphatic carbocycles. The monoisotopic (exact) mass is 289 g/mol. The van der Waals surface area contributed by atoms with Crippen LogP contribution < -0.4 is 4.90 Å². The zero-order valence-corrected chi connectivity index (χ0v) is 10.4. The van der Waals surface area contributed by atoms with Gasteiger partial charge in [0, 0.05) is 19.0 Å². The Labute approximate surface area is 111 Å². The second-order valence-electron chi connectivity index (χ2n) is 4.15. The predicted octanol–water partition coefficient (Wildman–Crippen LogP) is 2.22. The van der Waals surface area contributed by atoms with Crippen molar-refractivity contribution in [2.24, 2.45) is 0 Å². The van der Waals surface area contributed by atoms with Crippen LogP contribution in [0.3, 0.4) is 0 Å². The largest absolute Gasteiger partial charge is 0.451 e. The number of anilines is 1. The van der Waals surface area contributed by atoms with Gasteiger partial charge in [-0.1, -0.05) is 6.07 Å². The smallest absolute Gasteiger partial charge is 0.395 e. The van der Waals surface area contributed by atoms with Gasteiger partial charge in [0.05, 0.1) is 6.61 Å². The maximum absolute atomic E-state index is 13.7. The molecule has 20 heavy (non-hydrogen) atoms. The van der Waals surface area contributed by atoms with E-state index in [1.165, 1.54) is 24.1 Å². The molecule has 1 aromatic heterocycles. The number of fused-ring (bicyclic) bond motifs is 1. The Bertz CT molecular complexity index is 630. The topological polar surface area (TPSA) is 49.2 Å². The second-order valence-corrected chi connectivity index (χ2v) is 4.15. The summed E-state index contributed by atoms with van der Waals surface area (Å²) < 4.78 is 51.9. The van der Waals surface area contributed by atoms with Crippen LogP contribution in [0.1, 0.15) is 5.82 Å². The van der Waals surface area contributed by atoms with Crippen LogP contribution in [0.15, 0.2) is 18.2 Å². The fourth-order valence-corrected chi connectivity index (χ4v) is 1.77. The summed E-state index contributed by atoms with van der Waals surface area (Å²) in [5.41, 5.74) is -0.394. The minimum Gasteiger partial charge on any atom is -0.395 e. The normalized spacial score (nSPS) is 11.9. The first kappa shape index (κ1) is 14.4. The molecule has 2 aromatic rings. The highest BCUT2D eigenvalue weighted by atomic mass is 19.4. The molecule has 0 amide bonds. The molecule has 0 fully saturated rings. The van der Waals surface area contributed by atoms with E-state index in [0.29, 0.717) is 0 Å². The van der Waals surface area contributed by atoms with Crippen LogP contribution >= 0.6 is 0 Å². The van der Waals surface area contributed by atoms with Gasteiger partial charge in [-0.2, -0.15) is 13.2 Å². The molecule has 4 nitrogen and oxygen atoms in total. The summed E-state index contributed by atoms with van der Waals surface area (Å²) in [6.07, 6.45) is -4.77. The lowest BCUT2D eigenvalue weighted by Gasteiger charge is -2.20. The lowest BCUT2D eigenvalue weighted by molar-refractivity contribution is -0.144. The number of nitrogens with zero attached hydrogens (tertiary/aromatic N) is 3. The van der Waals surface area contributed by atoms with Crippen molar-refractivity contribution in [2.45, 2.75) is 6.18 Å². The fourth-order valence-electron chi connectivity index (χ4n) is 1.77. The summed E-state index contributed by atoms with van der Waals surface area (Å²) in [6, 6.07) is 3.83. The number of benzene rings is 1. The number of alkyl halides is 3. The third-order valence-corrected chi connectivity index (χ3v) is 2.71. The van der Waals surface area contributed by atoms with Crippen LogP contribution in [-0.2, 0) is 6.18 Å². The van der Waals surface area contributed by atoms with Crippen molar-refractivity contribution in [1.29, 1.82) is 0 Å². The van der Waals surface area contributed by atoms with Gasteiger partial charge in [0.2, 0.25) is 5.82 Å². The number of aliphatic hydroxyl groups excluding tert-OH is 1. The van der Waals surface area contributed by atoms with Crippen molar-refractivity contribution in [2.75, 3.05) is 25.1 Å². The van der Waals surface area contributed by atoms with Gasteiger partial charge in [-0.15, -0.1) is 0 Å². The van der Waals surface area contributed by atoms with Crippen molar-refractivity contribution in [1.82, 2.24) is 9.97 Å². The Morgan fingerprint density at radius 2 is 1.95 bits per heavy atom. The van der Waals surface area contributed by atoms with Gasteiger partial charge < -0.3 is 10.0 Å². The Morgan fingerprint density at radius 1 is 1.25 bits per heavy atom. The molecule has 0 bridgehead atoms. The number of aliphatic hydroxyl groups is 1. The molecule has 0 radical (unpaired) electrons. The van der Waals surface area contributed by atoms with Gasteiger partial charge in [-0.3, -0.25) is 0 Å². The fraction of sp³-hybridized carbons (Fsp3) is 0.333. The molecule has 0 saturated heterocycles. The summed E-state index contributed by atoms with van der Waals surface area (Å²) in [7, 11) is 1.46. The van der Waals surface area contributed by atoms with E-state index in [1.54, 1.807) is 0 Å². The molecule has 0 spiro atoms. The van der Waals surface area contributed by atoms with Gasteiger partial charge in [0.25, 0.3) is 0 Å². The molecule has 0 saturated carbocycles. The van der Waals surface area contributed by atoms with E-state index in [2.05, 4.69) is 9.97 Å². The molecule has 2 rings (SSSR count). The summed E-state index contributed by atoms with van der Waals surface area (Å²) >= 11 is 0. The molecule has 8 heteroatoms. The Kier molecular flexibility index (Phi) is 3.76. The average Bonchev–Trinajstić information content (AvgIpc) is 2.37. The average molecular weight is 289 g/mol. The van der Waals surface area contributed by atoms with E-state index in [1.807, 2.05) is 0 Å². The van der Waals surface area contributed by atoms with Gasteiger partial charge >= 0.3 is 6.18 Å².